The summed E-state index contributed by atoms with van der Waals surface area (Å²) in [6.45, 7) is 5.83. The van der Waals surface area contributed by atoms with Crippen LogP contribution in [0.1, 0.15) is 43.1 Å². The zero-order chi connectivity index (χ0) is 22.1. The molecule has 4 heterocycles. The number of thiophene rings is 2. The van der Waals surface area contributed by atoms with Crippen molar-refractivity contribution in [2.45, 2.75) is 33.2 Å². The van der Waals surface area contributed by atoms with Gasteiger partial charge in [0.15, 0.2) is 0 Å². The van der Waals surface area contributed by atoms with E-state index in [1.165, 1.54) is 18.4 Å². The topological polar surface area (TPSA) is 94.3 Å². The summed E-state index contributed by atoms with van der Waals surface area (Å²) in [6, 6.07) is 7.07. The second-order valence-corrected chi connectivity index (χ2v) is 9.59. The first-order chi connectivity index (χ1) is 14.9. The fraction of sp³-hybridized carbons (Fsp3) is 0.273. The van der Waals surface area contributed by atoms with Crippen molar-refractivity contribution >= 4 is 45.6 Å². The van der Waals surface area contributed by atoms with Gasteiger partial charge in [0.25, 0.3) is 11.6 Å². The predicted octanol–water partition coefficient (Wildman–Crippen LogP) is 4.97. The maximum Gasteiger partial charge on any atom is 0.307 e. The smallest absolute Gasteiger partial charge is 0.307 e. The molecule has 1 amide bonds. The minimum atomic E-state index is -0.503. The highest BCUT2D eigenvalue weighted by Gasteiger charge is 2.25. The van der Waals surface area contributed by atoms with Gasteiger partial charge >= 0.3 is 5.97 Å². The van der Waals surface area contributed by atoms with E-state index >= 15 is 0 Å². The molecule has 9 heteroatoms. The lowest BCUT2D eigenvalue weighted by Crippen LogP contribution is -2.30. The van der Waals surface area contributed by atoms with Crippen LogP contribution < -0.4 is 5.32 Å². The lowest BCUT2D eigenvalue weighted by atomic mass is 10.0. The summed E-state index contributed by atoms with van der Waals surface area (Å²) in [5.74, 6) is -0.725. The highest BCUT2D eigenvalue weighted by Crippen LogP contribution is 2.33. The number of aryl methyl sites for hydroxylation is 3. The Kier molecular flexibility index (Phi) is 5.88. The van der Waals surface area contributed by atoms with Crippen molar-refractivity contribution in [2.24, 2.45) is 0 Å². The van der Waals surface area contributed by atoms with Gasteiger partial charge in [0, 0.05) is 20.2 Å². The van der Waals surface area contributed by atoms with Gasteiger partial charge in [-0.1, -0.05) is 11.2 Å². The predicted molar refractivity (Wildman–Crippen MR) is 120 cm³/mol. The number of methoxy groups -OCH3 is 1. The Hall–Kier alpha value is -3.04. The van der Waals surface area contributed by atoms with Crippen molar-refractivity contribution in [1.82, 2.24) is 15.5 Å². The van der Waals surface area contributed by atoms with Crippen molar-refractivity contribution in [3.8, 4) is 11.3 Å². The molecule has 0 aliphatic rings. The molecule has 7 nitrogen and oxygen atoms in total. The third-order valence-electron chi connectivity index (χ3n) is 4.97. The van der Waals surface area contributed by atoms with Crippen molar-refractivity contribution in [3.05, 3.63) is 55.5 Å². The molecule has 1 N–H and O–H groups in total. The number of carbonyl (C=O) groups excluding carboxylic acids is 2. The molecule has 0 fully saturated rings. The van der Waals surface area contributed by atoms with E-state index in [4.69, 9.17) is 9.26 Å². The fourth-order valence-corrected chi connectivity index (χ4v) is 5.21. The van der Waals surface area contributed by atoms with Gasteiger partial charge in [-0.2, -0.15) is 0 Å². The van der Waals surface area contributed by atoms with Gasteiger partial charge in [0.05, 0.1) is 41.9 Å². The van der Waals surface area contributed by atoms with E-state index in [0.717, 1.165) is 20.2 Å². The SMILES string of the molecule is COC(=O)CC(NC(=O)c1cc(-c2cc(C)sc2C)nc2onc(C)c12)c1cccs1. The molecule has 0 aliphatic carbocycles. The number of rotatable bonds is 6. The minimum Gasteiger partial charge on any atom is -0.469 e. The van der Waals surface area contributed by atoms with Gasteiger partial charge in [-0.3, -0.25) is 9.59 Å². The molecule has 0 bridgehead atoms. The summed E-state index contributed by atoms with van der Waals surface area (Å²) < 4.78 is 10.2. The highest BCUT2D eigenvalue weighted by molar-refractivity contribution is 7.12. The molecular weight excluding hydrogens is 434 g/mol. The van der Waals surface area contributed by atoms with Crippen LogP contribution in [0.3, 0.4) is 0 Å². The molecule has 0 spiro atoms. The number of ether oxygens (including phenoxy) is 1. The summed E-state index contributed by atoms with van der Waals surface area (Å²) in [6.07, 6.45) is 0.0370. The molecule has 1 atom stereocenters. The Morgan fingerprint density at radius 3 is 2.71 bits per heavy atom. The van der Waals surface area contributed by atoms with Crippen LogP contribution in [0.5, 0.6) is 0 Å². The first-order valence-electron chi connectivity index (χ1n) is 9.63. The van der Waals surface area contributed by atoms with Gasteiger partial charge in [-0.15, -0.1) is 22.7 Å². The van der Waals surface area contributed by atoms with Gasteiger partial charge in [0.1, 0.15) is 0 Å². The second kappa shape index (κ2) is 8.60. The number of pyridine rings is 1. The average molecular weight is 456 g/mol. The summed E-state index contributed by atoms with van der Waals surface area (Å²) in [5, 5.41) is 9.46. The fourth-order valence-electron chi connectivity index (χ4n) is 3.50. The van der Waals surface area contributed by atoms with Crippen molar-refractivity contribution < 1.29 is 18.8 Å². The Bertz CT molecular complexity index is 1260. The Balaban J connectivity index is 1.76. The summed E-state index contributed by atoms with van der Waals surface area (Å²) in [5.41, 5.74) is 2.91. The Morgan fingerprint density at radius 2 is 2.06 bits per heavy atom. The first kappa shape index (κ1) is 21.2. The molecule has 0 aliphatic heterocycles. The standard InChI is InChI=1S/C22H21N3O4S2/c1-11-8-14(13(3)31-11)16-9-15(20-12(2)25-29-22(20)24-16)21(27)23-17(10-19(26)28-4)18-6-5-7-30-18/h5-9,17H,10H2,1-4H3,(H,23,27). The highest BCUT2D eigenvalue weighted by atomic mass is 32.1. The number of carbonyl (C=O) groups is 2. The molecule has 0 saturated heterocycles. The van der Waals surface area contributed by atoms with E-state index in [-0.39, 0.29) is 12.3 Å². The second-order valence-electron chi connectivity index (χ2n) is 7.15. The molecule has 0 radical (unpaired) electrons. The number of esters is 1. The van der Waals surface area contributed by atoms with Crippen molar-refractivity contribution in [3.63, 3.8) is 0 Å². The number of hydrogen-bond donors (Lipinski definition) is 1. The van der Waals surface area contributed by atoms with Crippen LogP contribution in [-0.2, 0) is 9.53 Å². The van der Waals surface area contributed by atoms with Crippen molar-refractivity contribution in [2.75, 3.05) is 7.11 Å². The quantitative estimate of drug-likeness (QED) is 0.413. The maximum atomic E-state index is 13.4. The maximum absolute atomic E-state index is 13.4. The van der Waals surface area contributed by atoms with E-state index in [0.29, 0.717) is 28.1 Å². The van der Waals surface area contributed by atoms with Gasteiger partial charge in [-0.25, -0.2) is 4.98 Å². The van der Waals surface area contributed by atoms with Crippen LogP contribution >= 0.6 is 22.7 Å². The van der Waals surface area contributed by atoms with Gasteiger partial charge < -0.3 is 14.6 Å². The summed E-state index contributed by atoms with van der Waals surface area (Å²) >= 11 is 3.14. The molecule has 0 aromatic carbocycles. The van der Waals surface area contributed by atoms with E-state index in [2.05, 4.69) is 15.5 Å². The Morgan fingerprint density at radius 1 is 1.26 bits per heavy atom. The van der Waals surface area contributed by atoms with Crippen LogP contribution in [0.15, 0.2) is 34.2 Å². The van der Waals surface area contributed by atoms with Gasteiger partial charge in [-0.05, 0) is 44.4 Å². The van der Waals surface area contributed by atoms with E-state index in [1.54, 1.807) is 24.3 Å². The first-order valence-corrected chi connectivity index (χ1v) is 11.3. The molecule has 160 valence electrons. The normalized spacial score (nSPS) is 12.1. The molecule has 4 aromatic heterocycles. The lowest BCUT2D eigenvalue weighted by Gasteiger charge is -2.17. The van der Waals surface area contributed by atoms with Crippen LogP contribution in [-0.4, -0.2) is 29.1 Å². The number of fused-ring (bicyclic) bond motifs is 1. The third-order valence-corrected chi connectivity index (χ3v) is 6.92. The molecule has 4 aromatic rings. The van der Waals surface area contributed by atoms with Crippen LogP contribution in [0.4, 0.5) is 0 Å². The Labute approximate surface area is 187 Å². The summed E-state index contributed by atoms with van der Waals surface area (Å²) in [7, 11) is 1.33. The van der Waals surface area contributed by atoms with E-state index in [9.17, 15) is 9.59 Å². The number of nitrogens with one attached hydrogen (secondary N) is 1. The lowest BCUT2D eigenvalue weighted by molar-refractivity contribution is -0.141. The monoisotopic (exact) mass is 455 g/mol. The zero-order valence-corrected chi connectivity index (χ0v) is 19.1. The minimum absolute atomic E-state index is 0.0370. The van der Waals surface area contributed by atoms with Crippen LogP contribution in [0, 0.1) is 20.8 Å². The zero-order valence-electron chi connectivity index (χ0n) is 17.5. The van der Waals surface area contributed by atoms with Crippen LogP contribution in [0.2, 0.25) is 0 Å². The molecule has 0 saturated carbocycles. The average Bonchev–Trinajstić information content (AvgIpc) is 3.47. The largest absolute Gasteiger partial charge is 0.469 e. The number of amides is 1. The number of aromatic nitrogens is 2. The molecule has 1 unspecified atom stereocenters. The number of nitrogens with zero attached hydrogens (tertiary/aromatic N) is 2. The van der Waals surface area contributed by atoms with Crippen molar-refractivity contribution in [1.29, 1.82) is 0 Å². The molecule has 4 rings (SSSR count). The van der Waals surface area contributed by atoms with Crippen LogP contribution in [0.25, 0.3) is 22.4 Å². The van der Waals surface area contributed by atoms with E-state index in [1.807, 2.05) is 37.4 Å². The molecular formula is C22H21N3O4S2. The molecule has 31 heavy (non-hydrogen) atoms. The van der Waals surface area contributed by atoms with E-state index < -0.39 is 12.0 Å². The third kappa shape index (κ3) is 4.24. The summed E-state index contributed by atoms with van der Waals surface area (Å²) in [4.78, 5) is 33.1. The number of hydrogen-bond acceptors (Lipinski definition) is 8. The van der Waals surface area contributed by atoms with Gasteiger partial charge in [0.2, 0.25) is 0 Å².